The van der Waals surface area contributed by atoms with Crippen molar-refractivity contribution in [1.29, 1.82) is 0 Å². The maximum Gasteiger partial charge on any atom is 0.320 e. The molecule has 154 valence electrons. The lowest BCUT2D eigenvalue weighted by atomic mass is 9.44. The third-order valence-electron chi connectivity index (χ3n) is 8.36. The summed E-state index contributed by atoms with van der Waals surface area (Å²) < 4.78 is 11.5. The van der Waals surface area contributed by atoms with E-state index in [0.717, 1.165) is 12.8 Å². The largest absolute Gasteiger partial charge is 0.464 e. The molecule has 4 rings (SSSR count). The number of ether oxygens (including phenoxy) is 2. The molecule has 1 saturated heterocycles. The minimum absolute atomic E-state index is 0.0165. The van der Waals surface area contributed by atoms with Crippen LogP contribution in [0, 0.1) is 34.0 Å². The summed E-state index contributed by atoms with van der Waals surface area (Å²) in [7, 11) is 0. The fourth-order valence-electron chi connectivity index (χ4n) is 7.08. The minimum Gasteiger partial charge on any atom is -0.464 e. The first-order chi connectivity index (χ1) is 13.1. The van der Waals surface area contributed by atoms with E-state index in [9.17, 15) is 19.5 Å². The molecule has 6 heteroatoms. The van der Waals surface area contributed by atoms with Crippen LogP contribution in [0.2, 0.25) is 0 Å². The van der Waals surface area contributed by atoms with Crippen LogP contribution in [0.5, 0.6) is 0 Å². The van der Waals surface area contributed by atoms with Crippen molar-refractivity contribution in [3.8, 4) is 0 Å². The number of allylic oxidation sites excluding steroid dienone is 1. The van der Waals surface area contributed by atoms with Gasteiger partial charge in [-0.1, -0.05) is 20.4 Å². The van der Waals surface area contributed by atoms with Gasteiger partial charge in [-0.05, 0) is 60.8 Å². The summed E-state index contributed by atoms with van der Waals surface area (Å²) in [4.78, 5) is 38.2. The number of carbonyl (C=O) groups excluding carboxylic acids is 3. The van der Waals surface area contributed by atoms with Crippen molar-refractivity contribution in [2.75, 3.05) is 13.2 Å². The molecular formula is C22H30O6. The second kappa shape index (κ2) is 6.15. The molecule has 0 aromatic rings. The molecule has 4 aliphatic rings. The van der Waals surface area contributed by atoms with Crippen LogP contribution in [0.1, 0.15) is 52.9 Å². The highest BCUT2D eigenvalue weighted by Crippen LogP contribution is 2.68. The molecule has 1 N–H and O–H groups in total. The second-order valence-electron chi connectivity index (χ2n) is 9.91. The van der Waals surface area contributed by atoms with Gasteiger partial charge in [-0.3, -0.25) is 14.4 Å². The van der Waals surface area contributed by atoms with Gasteiger partial charge in [0.25, 0.3) is 0 Å². The number of ketones is 1. The molecule has 0 radical (unpaired) electrons. The Hall–Kier alpha value is -1.69. The Morgan fingerprint density at radius 3 is 2.64 bits per heavy atom. The van der Waals surface area contributed by atoms with Crippen LogP contribution in [0.15, 0.2) is 12.2 Å². The lowest BCUT2D eigenvalue weighted by Crippen LogP contribution is -2.68. The van der Waals surface area contributed by atoms with Gasteiger partial charge in [0.2, 0.25) is 0 Å². The van der Waals surface area contributed by atoms with Crippen molar-refractivity contribution < 1.29 is 29.0 Å². The zero-order valence-electron chi connectivity index (χ0n) is 17.0. The molecule has 3 aliphatic carbocycles. The van der Waals surface area contributed by atoms with Crippen LogP contribution in [0.4, 0.5) is 0 Å². The molecule has 1 heterocycles. The van der Waals surface area contributed by atoms with E-state index in [0.29, 0.717) is 24.8 Å². The molecule has 0 aromatic heterocycles. The Morgan fingerprint density at radius 1 is 1.29 bits per heavy atom. The van der Waals surface area contributed by atoms with Crippen molar-refractivity contribution in [1.82, 2.24) is 0 Å². The summed E-state index contributed by atoms with van der Waals surface area (Å²) >= 11 is 0. The zero-order valence-corrected chi connectivity index (χ0v) is 17.0. The van der Waals surface area contributed by atoms with E-state index in [4.69, 9.17) is 9.47 Å². The Balaban J connectivity index is 1.90. The zero-order chi connectivity index (χ0) is 20.5. The summed E-state index contributed by atoms with van der Waals surface area (Å²) in [6.45, 7) is 9.53. The monoisotopic (exact) mass is 390 g/mol. The number of cyclic esters (lactones) is 1. The van der Waals surface area contributed by atoms with E-state index in [1.54, 1.807) is 0 Å². The number of aliphatic hydroxyl groups excluding tert-OH is 1. The number of hydrogen-bond acceptors (Lipinski definition) is 6. The first-order valence-electron chi connectivity index (χ1n) is 10.3. The number of aliphatic hydroxyl groups is 1. The molecule has 3 saturated carbocycles. The van der Waals surface area contributed by atoms with Crippen molar-refractivity contribution in [3.05, 3.63) is 12.2 Å². The van der Waals surface area contributed by atoms with E-state index in [1.165, 1.54) is 6.92 Å². The Morgan fingerprint density at radius 2 is 2.00 bits per heavy atom. The summed E-state index contributed by atoms with van der Waals surface area (Å²) in [5, 5.41) is 10.5. The molecule has 6 atom stereocenters. The highest BCUT2D eigenvalue weighted by atomic mass is 16.6. The third-order valence-corrected chi connectivity index (χ3v) is 8.36. The normalized spacial score (nSPS) is 44.2. The van der Waals surface area contributed by atoms with Crippen molar-refractivity contribution in [2.45, 2.75) is 59.0 Å². The fraction of sp³-hybridized carbons (Fsp3) is 0.773. The summed E-state index contributed by atoms with van der Waals surface area (Å²) in [6.07, 6.45) is 2.83. The van der Waals surface area contributed by atoms with Crippen molar-refractivity contribution in [2.24, 2.45) is 34.0 Å². The molecule has 4 fully saturated rings. The first-order valence-corrected chi connectivity index (χ1v) is 10.3. The molecule has 6 nitrogen and oxygen atoms in total. The van der Waals surface area contributed by atoms with Crippen LogP contribution >= 0.6 is 0 Å². The molecule has 0 unspecified atom stereocenters. The predicted molar refractivity (Wildman–Crippen MR) is 99.9 cm³/mol. The number of fused-ring (bicyclic) bond motifs is 2. The van der Waals surface area contributed by atoms with E-state index >= 15 is 0 Å². The highest BCUT2D eigenvalue weighted by molar-refractivity contribution is 6.15. The second-order valence-corrected chi connectivity index (χ2v) is 9.91. The number of esters is 2. The van der Waals surface area contributed by atoms with E-state index in [2.05, 4.69) is 20.4 Å². The number of hydrogen-bond donors (Lipinski definition) is 1. The number of carbonyl (C=O) groups is 3. The average molecular weight is 390 g/mol. The van der Waals surface area contributed by atoms with Crippen LogP contribution in [0.25, 0.3) is 0 Å². The molecule has 2 bridgehead atoms. The lowest BCUT2D eigenvalue weighted by Gasteiger charge is -2.62. The standard InChI is InChI=1S/C22H30O6/c1-12-14-5-6-15-21(9-14,18(12)25)19(26)27-11-22(15)16(10-23)20(3,4)8-7-17(22)28-13(2)24/h14-17,23H,1,5-11H2,2-4H3/t14-,15-,16-,17+,21+,22+/m0/s1. The molecule has 2 spiro atoms. The van der Waals surface area contributed by atoms with E-state index in [-0.39, 0.29) is 48.1 Å². The Labute approximate surface area is 165 Å². The molecule has 28 heavy (non-hydrogen) atoms. The van der Waals surface area contributed by atoms with Gasteiger partial charge < -0.3 is 14.6 Å². The van der Waals surface area contributed by atoms with Crippen LogP contribution in [-0.2, 0) is 23.9 Å². The van der Waals surface area contributed by atoms with Gasteiger partial charge >= 0.3 is 11.9 Å². The highest BCUT2D eigenvalue weighted by Gasteiger charge is 2.74. The molecular weight excluding hydrogens is 360 g/mol. The van der Waals surface area contributed by atoms with Crippen LogP contribution in [0.3, 0.4) is 0 Å². The topological polar surface area (TPSA) is 89.9 Å². The summed E-state index contributed by atoms with van der Waals surface area (Å²) in [5.74, 6) is -1.59. The van der Waals surface area contributed by atoms with Gasteiger partial charge in [0.1, 0.15) is 18.1 Å². The van der Waals surface area contributed by atoms with Gasteiger partial charge in [-0.15, -0.1) is 0 Å². The summed E-state index contributed by atoms with van der Waals surface area (Å²) in [5.41, 5.74) is -1.71. The third kappa shape index (κ3) is 2.27. The quantitative estimate of drug-likeness (QED) is 0.442. The molecule has 0 amide bonds. The van der Waals surface area contributed by atoms with Gasteiger partial charge in [-0.2, -0.15) is 0 Å². The average Bonchev–Trinajstić information content (AvgIpc) is 2.82. The predicted octanol–water partition coefficient (Wildman–Crippen LogP) is 2.43. The van der Waals surface area contributed by atoms with Crippen molar-refractivity contribution >= 4 is 17.7 Å². The smallest absolute Gasteiger partial charge is 0.320 e. The fourth-order valence-corrected chi connectivity index (χ4v) is 7.08. The molecule has 1 aliphatic heterocycles. The number of rotatable bonds is 2. The van der Waals surface area contributed by atoms with Crippen LogP contribution in [-0.4, -0.2) is 42.1 Å². The maximum atomic E-state index is 13.3. The summed E-state index contributed by atoms with van der Waals surface area (Å²) in [6, 6.07) is 0. The Bertz CT molecular complexity index is 754. The first kappa shape index (κ1) is 19.6. The minimum atomic E-state index is -1.24. The molecule has 0 aromatic carbocycles. The van der Waals surface area contributed by atoms with Gasteiger partial charge in [0, 0.05) is 13.5 Å². The van der Waals surface area contributed by atoms with E-state index in [1.807, 2.05) is 0 Å². The van der Waals surface area contributed by atoms with Crippen molar-refractivity contribution in [3.63, 3.8) is 0 Å². The van der Waals surface area contributed by atoms with Gasteiger partial charge in [0.05, 0.1) is 5.41 Å². The van der Waals surface area contributed by atoms with Gasteiger partial charge in [-0.25, -0.2) is 0 Å². The lowest BCUT2D eigenvalue weighted by molar-refractivity contribution is -0.247. The van der Waals surface area contributed by atoms with Gasteiger partial charge in [0.15, 0.2) is 5.78 Å². The van der Waals surface area contributed by atoms with E-state index < -0.39 is 22.9 Å². The number of Topliss-reactive ketones (excluding diaryl/α,β-unsaturated/α-hetero) is 1. The maximum absolute atomic E-state index is 13.3. The Kier molecular flexibility index (Phi) is 4.31. The van der Waals surface area contributed by atoms with Crippen LogP contribution < -0.4 is 0 Å². The SMILES string of the molecule is C=C1C(=O)[C@@]23C[C@@H]1CC[C@@H]2[C@@]1(COC3=O)[C@H](OC(C)=O)CCC(C)(C)[C@@H]1CO.